The first kappa shape index (κ1) is 9.24. The van der Waals surface area contributed by atoms with Gasteiger partial charge < -0.3 is 10.3 Å². The molecule has 14 heavy (non-hydrogen) atoms. The van der Waals surface area contributed by atoms with E-state index in [1.165, 1.54) is 0 Å². The molecule has 0 saturated carbocycles. The first-order valence-corrected chi connectivity index (χ1v) is 4.58. The summed E-state index contributed by atoms with van der Waals surface area (Å²) in [5, 5.41) is 4.51. The lowest BCUT2D eigenvalue weighted by molar-refractivity contribution is 0.412. The second kappa shape index (κ2) is 3.82. The summed E-state index contributed by atoms with van der Waals surface area (Å²) in [4.78, 5) is 0. The van der Waals surface area contributed by atoms with Crippen LogP contribution in [-0.4, -0.2) is 5.16 Å². The third-order valence-electron chi connectivity index (χ3n) is 1.99. The molecule has 2 aromatic rings. The van der Waals surface area contributed by atoms with Crippen molar-refractivity contribution in [2.75, 3.05) is 0 Å². The SMILES string of the molecule is NCc1nocc1-c1ccc(Cl)cc1. The lowest BCUT2D eigenvalue weighted by Crippen LogP contribution is -1.97. The summed E-state index contributed by atoms with van der Waals surface area (Å²) in [7, 11) is 0. The van der Waals surface area contributed by atoms with E-state index in [1.807, 2.05) is 24.3 Å². The predicted octanol–water partition coefficient (Wildman–Crippen LogP) is 2.45. The van der Waals surface area contributed by atoms with Crippen LogP contribution in [0.2, 0.25) is 5.02 Å². The largest absolute Gasteiger partial charge is 0.364 e. The zero-order valence-electron chi connectivity index (χ0n) is 7.40. The third kappa shape index (κ3) is 1.64. The molecule has 1 aromatic carbocycles. The Labute approximate surface area is 86.5 Å². The minimum Gasteiger partial charge on any atom is -0.364 e. The molecule has 72 valence electrons. The fraction of sp³-hybridized carbons (Fsp3) is 0.100. The maximum absolute atomic E-state index is 5.78. The molecule has 4 heteroatoms. The number of hydrogen-bond acceptors (Lipinski definition) is 3. The van der Waals surface area contributed by atoms with E-state index in [0.29, 0.717) is 11.6 Å². The number of nitrogens with zero attached hydrogens (tertiary/aromatic N) is 1. The standard InChI is InChI=1S/C10H9ClN2O/c11-8-3-1-7(2-4-8)9-6-14-13-10(9)5-12/h1-4,6H,5,12H2. The van der Waals surface area contributed by atoms with Gasteiger partial charge in [0.15, 0.2) is 0 Å². The average molecular weight is 209 g/mol. The zero-order chi connectivity index (χ0) is 9.97. The monoisotopic (exact) mass is 208 g/mol. The summed E-state index contributed by atoms with van der Waals surface area (Å²) in [6, 6.07) is 7.47. The van der Waals surface area contributed by atoms with Crippen molar-refractivity contribution in [2.45, 2.75) is 6.54 Å². The minimum absolute atomic E-state index is 0.370. The molecule has 0 bridgehead atoms. The summed E-state index contributed by atoms with van der Waals surface area (Å²) in [5.41, 5.74) is 8.20. The molecule has 1 aromatic heterocycles. The smallest absolute Gasteiger partial charge is 0.131 e. The van der Waals surface area contributed by atoms with Gasteiger partial charge in [0.1, 0.15) is 12.0 Å². The molecule has 2 N–H and O–H groups in total. The van der Waals surface area contributed by atoms with Gasteiger partial charge in [-0.05, 0) is 17.7 Å². The molecule has 0 aliphatic carbocycles. The van der Waals surface area contributed by atoms with Crippen LogP contribution < -0.4 is 5.73 Å². The van der Waals surface area contributed by atoms with Crippen LogP contribution in [0.3, 0.4) is 0 Å². The van der Waals surface area contributed by atoms with E-state index in [9.17, 15) is 0 Å². The second-order valence-corrected chi connectivity index (χ2v) is 3.32. The number of hydrogen-bond donors (Lipinski definition) is 1. The Hall–Kier alpha value is -1.32. The summed E-state index contributed by atoms with van der Waals surface area (Å²) >= 11 is 5.78. The number of nitrogens with two attached hydrogens (primary N) is 1. The molecular formula is C10H9ClN2O. The van der Waals surface area contributed by atoms with E-state index in [1.54, 1.807) is 6.26 Å². The molecule has 3 nitrogen and oxygen atoms in total. The highest BCUT2D eigenvalue weighted by molar-refractivity contribution is 6.30. The minimum atomic E-state index is 0.370. The molecule has 0 amide bonds. The second-order valence-electron chi connectivity index (χ2n) is 2.89. The van der Waals surface area contributed by atoms with E-state index < -0.39 is 0 Å². The Balaban J connectivity index is 2.44. The highest BCUT2D eigenvalue weighted by atomic mass is 35.5. The average Bonchev–Trinajstić information content (AvgIpc) is 2.67. The summed E-state index contributed by atoms with van der Waals surface area (Å²) in [6.45, 7) is 0.370. The Morgan fingerprint density at radius 2 is 2.00 bits per heavy atom. The van der Waals surface area contributed by atoms with Crippen LogP contribution in [0.5, 0.6) is 0 Å². The van der Waals surface area contributed by atoms with Gasteiger partial charge in [-0.15, -0.1) is 0 Å². The van der Waals surface area contributed by atoms with Crippen molar-refractivity contribution in [2.24, 2.45) is 5.73 Å². The van der Waals surface area contributed by atoms with Gasteiger partial charge in [0, 0.05) is 17.1 Å². The number of aromatic nitrogens is 1. The van der Waals surface area contributed by atoms with Crippen LogP contribution in [0.4, 0.5) is 0 Å². The van der Waals surface area contributed by atoms with Crippen molar-refractivity contribution in [3.8, 4) is 11.1 Å². The molecule has 2 rings (SSSR count). The maximum Gasteiger partial charge on any atom is 0.131 e. The summed E-state index contributed by atoms with van der Waals surface area (Å²) in [6.07, 6.45) is 1.59. The fourth-order valence-corrected chi connectivity index (χ4v) is 1.40. The third-order valence-corrected chi connectivity index (χ3v) is 2.24. The van der Waals surface area contributed by atoms with Gasteiger partial charge in [0.25, 0.3) is 0 Å². The van der Waals surface area contributed by atoms with Crippen molar-refractivity contribution in [3.63, 3.8) is 0 Å². The van der Waals surface area contributed by atoms with Crippen LogP contribution in [0.1, 0.15) is 5.69 Å². The van der Waals surface area contributed by atoms with E-state index in [4.69, 9.17) is 21.9 Å². The van der Waals surface area contributed by atoms with E-state index in [2.05, 4.69) is 5.16 Å². The van der Waals surface area contributed by atoms with Crippen molar-refractivity contribution in [1.29, 1.82) is 0 Å². The molecule has 0 spiro atoms. The predicted molar refractivity (Wildman–Crippen MR) is 54.8 cm³/mol. The van der Waals surface area contributed by atoms with Crippen molar-refractivity contribution < 1.29 is 4.52 Å². The molecule has 0 saturated heterocycles. The van der Waals surface area contributed by atoms with Crippen molar-refractivity contribution in [3.05, 3.63) is 41.2 Å². The quantitative estimate of drug-likeness (QED) is 0.825. The topological polar surface area (TPSA) is 52.0 Å². The van der Waals surface area contributed by atoms with Gasteiger partial charge >= 0.3 is 0 Å². The van der Waals surface area contributed by atoms with E-state index >= 15 is 0 Å². The van der Waals surface area contributed by atoms with Gasteiger partial charge in [-0.1, -0.05) is 28.9 Å². The van der Waals surface area contributed by atoms with Crippen LogP contribution in [-0.2, 0) is 6.54 Å². The zero-order valence-corrected chi connectivity index (χ0v) is 8.16. The van der Waals surface area contributed by atoms with Gasteiger partial charge in [0.2, 0.25) is 0 Å². The summed E-state index contributed by atoms with van der Waals surface area (Å²) in [5.74, 6) is 0. The Bertz CT molecular complexity index is 422. The fourth-order valence-electron chi connectivity index (χ4n) is 1.27. The molecule has 0 radical (unpaired) electrons. The first-order chi connectivity index (χ1) is 6.81. The molecule has 0 fully saturated rings. The summed E-state index contributed by atoms with van der Waals surface area (Å²) < 4.78 is 4.86. The van der Waals surface area contributed by atoms with Crippen molar-refractivity contribution in [1.82, 2.24) is 5.16 Å². The van der Waals surface area contributed by atoms with E-state index in [-0.39, 0.29) is 0 Å². The Morgan fingerprint density at radius 3 is 2.64 bits per heavy atom. The van der Waals surface area contributed by atoms with Gasteiger partial charge in [-0.3, -0.25) is 0 Å². The first-order valence-electron chi connectivity index (χ1n) is 4.20. The number of halogens is 1. The van der Waals surface area contributed by atoms with Gasteiger partial charge in [-0.2, -0.15) is 0 Å². The highest BCUT2D eigenvalue weighted by Crippen LogP contribution is 2.24. The molecule has 1 heterocycles. The van der Waals surface area contributed by atoms with E-state index in [0.717, 1.165) is 16.8 Å². The molecule has 0 aliphatic heterocycles. The molecule has 0 aliphatic rings. The normalized spacial score (nSPS) is 10.4. The van der Waals surface area contributed by atoms with Crippen LogP contribution in [0.25, 0.3) is 11.1 Å². The highest BCUT2D eigenvalue weighted by Gasteiger charge is 2.07. The molecule has 0 atom stereocenters. The Morgan fingerprint density at radius 1 is 1.29 bits per heavy atom. The lowest BCUT2D eigenvalue weighted by atomic mass is 10.1. The van der Waals surface area contributed by atoms with Crippen molar-refractivity contribution >= 4 is 11.6 Å². The maximum atomic E-state index is 5.78. The lowest BCUT2D eigenvalue weighted by Gasteiger charge is -1.98. The Kier molecular flexibility index (Phi) is 2.52. The van der Waals surface area contributed by atoms with Gasteiger partial charge in [-0.25, -0.2) is 0 Å². The van der Waals surface area contributed by atoms with Crippen LogP contribution in [0, 0.1) is 0 Å². The molecular weight excluding hydrogens is 200 g/mol. The number of benzene rings is 1. The van der Waals surface area contributed by atoms with Crippen LogP contribution in [0.15, 0.2) is 35.1 Å². The molecule has 0 unspecified atom stereocenters. The van der Waals surface area contributed by atoms with Gasteiger partial charge in [0.05, 0.1) is 0 Å². The van der Waals surface area contributed by atoms with Crippen LogP contribution >= 0.6 is 11.6 Å². The number of rotatable bonds is 2.